The molecule has 6 heterocycles. The van der Waals surface area contributed by atoms with Crippen LogP contribution in [0.4, 0.5) is 11.5 Å². The molecule has 1 amide bonds. The Balaban J connectivity index is 1.03. The third-order valence-electron chi connectivity index (χ3n) is 10.7. The first-order chi connectivity index (χ1) is 23.9. The number of nitrogens with zero attached hydrogens (tertiary/aromatic N) is 8. The van der Waals surface area contributed by atoms with Gasteiger partial charge in [0.25, 0.3) is 5.89 Å². The van der Waals surface area contributed by atoms with Crippen molar-refractivity contribution in [1.29, 1.82) is 0 Å². The van der Waals surface area contributed by atoms with Gasteiger partial charge in [-0.2, -0.15) is 15.0 Å². The summed E-state index contributed by atoms with van der Waals surface area (Å²) in [5.41, 5.74) is 3.36. The molecule has 11 nitrogen and oxygen atoms in total. The standard InChI is InChI=1S/C37H43ClN8O3/c1-25(2)34-40-31(49-42-34)11-12-32(47)43-19-21-44(22-20-43)35-27-13-18-45(30-10-4-8-26-7-3-9-28(38)33(26)30)23-29(27)39-36(41-35)48-24-37-14-5-16-46(37)17-6-15-37/h3-4,7-12,25H,5-6,13-24H2,1-2H3/b12-11+. The Hall–Kier alpha value is -4.22. The molecule has 0 bridgehead atoms. The molecule has 0 N–H and O–H groups in total. The Bertz CT molecular complexity index is 1870. The van der Waals surface area contributed by atoms with Crippen LogP contribution in [0.15, 0.2) is 47.0 Å². The highest BCUT2D eigenvalue weighted by molar-refractivity contribution is 6.36. The van der Waals surface area contributed by atoms with Crippen molar-refractivity contribution in [2.24, 2.45) is 0 Å². The van der Waals surface area contributed by atoms with Gasteiger partial charge in [-0.3, -0.25) is 9.69 Å². The summed E-state index contributed by atoms with van der Waals surface area (Å²) >= 11 is 6.75. The average Bonchev–Trinajstić information content (AvgIpc) is 3.86. The maximum Gasteiger partial charge on any atom is 0.318 e. The summed E-state index contributed by atoms with van der Waals surface area (Å²) in [5, 5.41) is 6.92. The summed E-state index contributed by atoms with van der Waals surface area (Å²) < 4.78 is 11.8. The second-order valence-corrected chi connectivity index (χ2v) is 14.4. The van der Waals surface area contributed by atoms with Crippen molar-refractivity contribution in [1.82, 2.24) is 29.9 Å². The second kappa shape index (κ2) is 13.2. The van der Waals surface area contributed by atoms with Crippen LogP contribution < -0.4 is 14.5 Å². The lowest BCUT2D eigenvalue weighted by Crippen LogP contribution is -2.49. The van der Waals surface area contributed by atoms with Gasteiger partial charge in [0.1, 0.15) is 12.4 Å². The third-order valence-corrected chi connectivity index (χ3v) is 11.0. The minimum atomic E-state index is -0.0704. The fourth-order valence-electron chi connectivity index (χ4n) is 8.06. The first-order valence-electron chi connectivity index (χ1n) is 17.6. The van der Waals surface area contributed by atoms with Gasteiger partial charge in [0.15, 0.2) is 5.82 Å². The molecule has 0 unspecified atom stereocenters. The number of fused-ring (bicyclic) bond motifs is 3. The van der Waals surface area contributed by atoms with E-state index in [0.29, 0.717) is 57.1 Å². The second-order valence-electron chi connectivity index (χ2n) is 14.0. The quantitative estimate of drug-likeness (QED) is 0.214. The van der Waals surface area contributed by atoms with Crippen molar-refractivity contribution in [3.63, 3.8) is 0 Å². The normalized spacial score (nSPS) is 19.3. The maximum absolute atomic E-state index is 13.1. The number of carbonyl (C=O) groups excluding carboxylic acids is 1. The molecule has 0 spiro atoms. The highest BCUT2D eigenvalue weighted by atomic mass is 35.5. The summed E-state index contributed by atoms with van der Waals surface area (Å²) in [6, 6.07) is 12.9. The van der Waals surface area contributed by atoms with E-state index in [1.165, 1.54) is 18.9 Å². The molecule has 0 radical (unpaired) electrons. The Morgan fingerprint density at radius 1 is 0.980 bits per heavy atom. The zero-order chi connectivity index (χ0) is 33.5. The zero-order valence-corrected chi connectivity index (χ0v) is 29.0. The molecule has 4 aromatic rings. The van der Waals surface area contributed by atoms with Gasteiger partial charge in [0, 0.05) is 67.4 Å². The number of piperazine rings is 1. The molecule has 49 heavy (non-hydrogen) atoms. The van der Waals surface area contributed by atoms with Crippen LogP contribution in [-0.2, 0) is 17.8 Å². The van der Waals surface area contributed by atoms with Gasteiger partial charge in [0.05, 0.1) is 22.8 Å². The minimum absolute atomic E-state index is 0.0704. The number of hydrogen-bond donors (Lipinski definition) is 0. The average molecular weight is 683 g/mol. The van der Waals surface area contributed by atoms with Crippen LogP contribution in [0.3, 0.4) is 0 Å². The Morgan fingerprint density at radius 2 is 1.76 bits per heavy atom. The van der Waals surface area contributed by atoms with E-state index in [0.717, 1.165) is 77.5 Å². The van der Waals surface area contributed by atoms with Gasteiger partial charge in [-0.15, -0.1) is 0 Å². The first-order valence-corrected chi connectivity index (χ1v) is 18.0. The third kappa shape index (κ3) is 6.23. The number of halogens is 1. The van der Waals surface area contributed by atoms with Crippen LogP contribution in [0.5, 0.6) is 6.01 Å². The van der Waals surface area contributed by atoms with E-state index in [1.807, 2.05) is 30.9 Å². The van der Waals surface area contributed by atoms with Gasteiger partial charge in [-0.05, 0) is 62.7 Å². The number of benzene rings is 2. The number of hydrogen-bond acceptors (Lipinski definition) is 10. The largest absolute Gasteiger partial charge is 0.461 e. The van der Waals surface area contributed by atoms with Gasteiger partial charge in [0.2, 0.25) is 5.91 Å². The molecule has 2 aromatic carbocycles. The Morgan fingerprint density at radius 3 is 2.51 bits per heavy atom. The summed E-state index contributed by atoms with van der Waals surface area (Å²) in [5.74, 6) is 1.99. The molecule has 256 valence electrons. The monoisotopic (exact) mass is 682 g/mol. The van der Waals surface area contributed by atoms with Crippen molar-refractivity contribution in [2.75, 3.05) is 62.2 Å². The number of carbonyl (C=O) groups is 1. The highest BCUT2D eigenvalue weighted by Gasteiger charge is 2.45. The van der Waals surface area contributed by atoms with Crippen LogP contribution >= 0.6 is 11.6 Å². The fourth-order valence-corrected chi connectivity index (χ4v) is 8.33. The molecule has 0 aliphatic carbocycles. The van der Waals surface area contributed by atoms with Crippen LogP contribution in [0.2, 0.25) is 5.02 Å². The number of ether oxygens (including phenoxy) is 1. The SMILES string of the molecule is CC(C)c1noc(/C=C/C(=O)N2CCN(c3nc(OCC45CCCN4CCC5)nc4c3CCN(c3cccc5cccc(Cl)c35)C4)CC2)n1. The van der Waals surface area contributed by atoms with E-state index in [1.54, 1.807) is 6.08 Å². The van der Waals surface area contributed by atoms with E-state index in [9.17, 15) is 4.79 Å². The molecule has 0 saturated carbocycles. The van der Waals surface area contributed by atoms with Crippen molar-refractivity contribution in [3.05, 3.63) is 70.5 Å². The maximum atomic E-state index is 13.1. The van der Waals surface area contributed by atoms with Crippen LogP contribution in [-0.4, -0.2) is 93.8 Å². The van der Waals surface area contributed by atoms with Crippen LogP contribution in [0, 0.1) is 0 Å². The van der Waals surface area contributed by atoms with Gasteiger partial charge in [-0.1, -0.05) is 54.9 Å². The van der Waals surface area contributed by atoms with E-state index >= 15 is 0 Å². The van der Waals surface area contributed by atoms with E-state index in [4.69, 9.17) is 30.8 Å². The van der Waals surface area contributed by atoms with E-state index in [2.05, 4.69) is 49.1 Å². The minimum Gasteiger partial charge on any atom is -0.461 e. The summed E-state index contributed by atoms with van der Waals surface area (Å²) in [7, 11) is 0. The van der Waals surface area contributed by atoms with Crippen LogP contribution in [0.25, 0.3) is 16.8 Å². The van der Waals surface area contributed by atoms with E-state index < -0.39 is 0 Å². The Kier molecular flexibility index (Phi) is 8.65. The number of rotatable bonds is 8. The highest BCUT2D eigenvalue weighted by Crippen LogP contribution is 2.40. The van der Waals surface area contributed by atoms with Gasteiger partial charge in [-0.25, -0.2) is 0 Å². The van der Waals surface area contributed by atoms with Crippen LogP contribution in [0.1, 0.15) is 68.4 Å². The topological polar surface area (TPSA) is 104 Å². The molecule has 8 rings (SSSR count). The number of aromatic nitrogens is 4. The summed E-state index contributed by atoms with van der Waals surface area (Å²) in [4.78, 5) is 36.8. The zero-order valence-electron chi connectivity index (χ0n) is 28.3. The lowest BCUT2D eigenvalue weighted by atomic mass is 9.95. The first kappa shape index (κ1) is 32.0. The van der Waals surface area contributed by atoms with Crippen molar-refractivity contribution in [3.8, 4) is 6.01 Å². The Labute approximate surface area is 291 Å². The molecule has 4 aliphatic rings. The summed E-state index contributed by atoms with van der Waals surface area (Å²) in [6.07, 6.45) is 8.68. The molecular weight excluding hydrogens is 640 g/mol. The molecule has 3 saturated heterocycles. The molecular formula is C37H43ClN8O3. The molecule has 3 fully saturated rings. The molecule has 2 aromatic heterocycles. The smallest absolute Gasteiger partial charge is 0.318 e. The van der Waals surface area contributed by atoms with E-state index in [-0.39, 0.29) is 17.4 Å². The molecule has 0 atom stereocenters. The number of amides is 1. The fraction of sp³-hybridized carbons (Fsp3) is 0.486. The van der Waals surface area contributed by atoms with Crippen molar-refractivity contribution < 1.29 is 14.1 Å². The molecule has 12 heteroatoms. The van der Waals surface area contributed by atoms with Gasteiger partial charge < -0.3 is 24.0 Å². The van der Waals surface area contributed by atoms with Gasteiger partial charge >= 0.3 is 6.01 Å². The lowest BCUT2D eigenvalue weighted by molar-refractivity contribution is -0.126. The molecule has 4 aliphatic heterocycles. The lowest BCUT2D eigenvalue weighted by Gasteiger charge is -2.38. The van der Waals surface area contributed by atoms with Crippen molar-refractivity contribution >= 4 is 45.9 Å². The number of anilines is 2. The van der Waals surface area contributed by atoms with Crippen molar-refractivity contribution in [2.45, 2.75) is 64.0 Å². The predicted octanol–water partition coefficient (Wildman–Crippen LogP) is 5.72. The summed E-state index contributed by atoms with van der Waals surface area (Å²) in [6.45, 7) is 10.9. The predicted molar refractivity (Wildman–Crippen MR) is 190 cm³/mol.